The Morgan fingerprint density at radius 2 is 2.19 bits per heavy atom. The van der Waals surface area contributed by atoms with Crippen LogP contribution in [0.25, 0.3) is 16.6 Å². The zero-order chi connectivity index (χ0) is 18.8. The van der Waals surface area contributed by atoms with Crippen LogP contribution in [0.1, 0.15) is 29.3 Å². The Kier molecular flexibility index (Phi) is 4.25. The van der Waals surface area contributed by atoms with E-state index in [1.165, 1.54) is 6.20 Å². The molecule has 27 heavy (non-hydrogen) atoms. The lowest BCUT2D eigenvalue weighted by atomic mass is 10.0. The fourth-order valence-electron chi connectivity index (χ4n) is 3.37. The molecular formula is C19H16N8. The lowest BCUT2D eigenvalue weighted by molar-refractivity contribution is 0.0385. The standard InChI is InChI=1S/C19H16N8/c1-26-10-15(18-16-3-5-23-19(16)25-12-24-18)11-27(26)17(2-4-20)14-6-13(7-21)8-22-9-14/h3,5-6,8-9,11-12,17H,2,10H2,1H3,(H,23,24,25). The fourth-order valence-corrected chi connectivity index (χ4v) is 3.37. The fraction of sp³-hybridized carbons (Fsp3) is 0.211. The maximum Gasteiger partial charge on any atom is 0.141 e. The molecule has 3 aromatic rings. The number of nitrogens with one attached hydrogen (secondary N) is 1. The molecule has 0 saturated heterocycles. The van der Waals surface area contributed by atoms with E-state index >= 15 is 0 Å². The average Bonchev–Trinajstić information content (AvgIpc) is 3.32. The second kappa shape index (κ2) is 6.87. The normalized spacial score (nSPS) is 15.4. The van der Waals surface area contributed by atoms with Crippen molar-refractivity contribution in [2.24, 2.45) is 0 Å². The van der Waals surface area contributed by atoms with Gasteiger partial charge in [-0.25, -0.2) is 15.0 Å². The SMILES string of the molecule is CN1CC(c2ncnc3[nH]ccc23)=CN1C(CC#N)c1cncc(C#N)c1. The van der Waals surface area contributed by atoms with E-state index < -0.39 is 0 Å². The first-order valence-electron chi connectivity index (χ1n) is 8.42. The predicted molar refractivity (Wildman–Crippen MR) is 98.3 cm³/mol. The van der Waals surface area contributed by atoms with Gasteiger partial charge >= 0.3 is 0 Å². The summed E-state index contributed by atoms with van der Waals surface area (Å²) in [7, 11) is 1.96. The van der Waals surface area contributed by atoms with Gasteiger partial charge in [-0.05, 0) is 17.7 Å². The number of nitriles is 2. The number of likely N-dealkylation sites (N-methyl/N-ethyl adjacent to an activating group) is 1. The molecular weight excluding hydrogens is 340 g/mol. The van der Waals surface area contributed by atoms with E-state index in [4.69, 9.17) is 5.26 Å². The molecule has 0 radical (unpaired) electrons. The Labute approximate surface area is 156 Å². The minimum atomic E-state index is -0.234. The molecule has 0 aromatic carbocycles. The summed E-state index contributed by atoms with van der Waals surface area (Å²) in [4.78, 5) is 15.9. The lowest BCUT2D eigenvalue weighted by Crippen LogP contribution is -2.35. The van der Waals surface area contributed by atoms with Gasteiger partial charge in [-0.1, -0.05) is 0 Å². The first-order chi connectivity index (χ1) is 13.2. The highest BCUT2D eigenvalue weighted by atomic mass is 15.6. The number of aromatic nitrogens is 4. The van der Waals surface area contributed by atoms with Gasteiger partial charge in [-0.3, -0.25) is 4.98 Å². The minimum absolute atomic E-state index is 0.234. The summed E-state index contributed by atoms with van der Waals surface area (Å²) in [5.41, 5.74) is 4.01. The predicted octanol–water partition coefficient (Wildman–Crippen LogP) is 2.38. The van der Waals surface area contributed by atoms with Crippen LogP contribution in [-0.4, -0.2) is 43.5 Å². The van der Waals surface area contributed by atoms with Gasteiger partial charge in [0.1, 0.15) is 18.0 Å². The van der Waals surface area contributed by atoms with Crippen molar-refractivity contribution in [2.75, 3.05) is 13.6 Å². The van der Waals surface area contributed by atoms with Crippen LogP contribution in [0.3, 0.4) is 0 Å². The van der Waals surface area contributed by atoms with Crippen molar-refractivity contribution >= 4 is 16.6 Å². The van der Waals surface area contributed by atoms with E-state index in [2.05, 4.69) is 32.1 Å². The first kappa shape index (κ1) is 16.7. The van der Waals surface area contributed by atoms with E-state index in [1.807, 2.05) is 35.5 Å². The average molecular weight is 356 g/mol. The van der Waals surface area contributed by atoms with Crippen molar-refractivity contribution in [3.8, 4) is 12.1 Å². The van der Waals surface area contributed by atoms with Crippen LogP contribution >= 0.6 is 0 Å². The topological polar surface area (TPSA) is 109 Å². The summed E-state index contributed by atoms with van der Waals surface area (Å²) in [6.07, 6.45) is 8.90. The molecule has 1 aliphatic rings. The number of fused-ring (bicyclic) bond motifs is 1. The van der Waals surface area contributed by atoms with Crippen molar-refractivity contribution in [1.29, 1.82) is 10.5 Å². The molecule has 0 amide bonds. The second-order valence-corrected chi connectivity index (χ2v) is 6.31. The number of hydrogen-bond donors (Lipinski definition) is 1. The maximum atomic E-state index is 9.34. The van der Waals surface area contributed by atoms with Gasteiger partial charge in [0.05, 0.1) is 29.8 Å². The molecule has 8 nitrogen and oxygen atoms in total. The number of hydrogen-bond acceptors (Lipinski definition) is 7. The molecule has 1 N–H and O–H groups in total. The summed E-state index contributed by atoms with van der Waals surface area (Å²) in [6, 6.07) is 7.85. The molecule has 0 fully saturated rings. The zero-order valence-electron chi connectivity index (χ0n) is 14.7. The van der Waals surface area contributed by atoms with E-state index in [-0.39, 0.29) is 12.5 Å². The molecule has 0 aliphatic carbocycles. The van der Waals surface area contributed by atoms with Gasteiger partial charge in [0.15, 0.2) is 0 Å². The Morgan fingerprint density at radius 3 is 3.00 bits per heavy atom. The number of rotatable bonds is 4. The summed E-state index contributed by atoms with van der Waals surface area (Å²) >= 11 is 0. The van der Waals surface area contributed by atoms with E-state index in [9.17, 15) is 5.26 Å². The highest BCUT2D eigenvalue weighted by Crippen LogP contribution is 2.33. The summed E-state index contributed by atoms with van der Waals surface area (Å²) < 4.78 is 0. The Balaban J connectivity index is 1.74. The van der Waals surface area contributed by atoms with E-state index in [0.717, 1.165) is 27.9 Å². The smallest absolute Gasteiger partial charge is 0.141 e. The number of pyridine rings is 1. The number of hydrazine groups is 1. The first-order valence-corrected chi connectivity index (χ1v) is 8.42. The second-order valence-electron chi connectivity index (χ2n) is 6.31. The van der Waals surface area contributed by atoms with Crippen LogP contribution in [0.15, 0.2) is 43.3 Å². The number of H-pyrrole nitrogens is 1. The summed E-state index contributed by atoms with van der Waals surface area (Å²) in [5, 5.41) is 23.5. The number of nitrogens with zero attached hydrogens (tertiary/aromatic N) is 7. The van der Waals surface area contributed by atoms with Gasteiger partial charge in [0, 0.05) is 49.3 Å². The maximum absolute atomic E-state index is 9.34. The molecule has 0 spiro atoms. The van der Waals surface area contributed by atoms with Crippen molar-refractivity contribution in [2.45, 2.75) is 12.5 Å². The molecule has 8 heteroatoms. The van der Waals surface area contributed by atoms with Crippen molar-refractivity contribution in [1.82, 2.24) is 30.0 Å². The third kappa shape index (κ3) is 2.99. The van der Waals surface area contributed by atoms with Crippen LogP contribution in [0, 0.1) is 22.7 Å². The van der Waals surface area contributed by atoms with Crippen molar-refractivity contribution in [3.63, 3.8) is 0 Å². The van der Waals surface area contributed by atoms with Gasteiger partial charge in [-0.2, -0.15) is 10.5 Å². The monoisotopic (exact) mass is 356 g/mol. The molecule has 132 valence electrons. The zero-order valence-corrected chi connectivity index (χ0v) is 14.7. The molecule has 4 rings (SSSR count). The molecule has 1 aliphatic heterocycles. The summed E-state index contributed by atoms with van der Waals surface area (Å²) in [5.74, 6) is 0. The molecule has 3 aromatic heterocycles. The van der Waals surface area contributed by atoms with Crippen LogP contribution in [-0.2, 0) is 0 Å². The quantitative estimate of drug-likeness (QED) is 0.764. The van der Waals surface area contributed by atoms with Crippen molar-refractivity contribution < 1.29 is 0 Å². The van der Waals surface area contributed by atoms with Gasteiger partial charge in [0.25, 0.3) is 0 Å². The molecule has 0 bridgehead atoms. The Morgan fingerprint density at radius 1 is 1.30 bits per heavy atom. The largest absolute Gasteiger partial charge is 0.346 e. The molecule has 0 saturated carbocycles. The highest BCUT2D eigenvalue weighted by Gasteiger charge is 2.29. The van der Waals surface area contributed by atoms with Crippen LogP contribution < -0.4 is 0 Å². The van der Waals surface area contributed by atoms with Crippen LogP contribution in [0.2, 0.25) is 0 Å². The van der Waals surface area contributed by atoms with Crippen molar-refractivity contribution in [3.05, 3.63) is 60.1 Å². The highest BCUT2D eigenvalue weighted by molar-refractivity contribution is 5.88. The third-order valence-corrected chi connectivity index (χ3v) is 4.62. The van der Waals surface area contributed by atoms with Crippen LogP contribution in [0.4, 0.5) is 0 Å². The van der Waals surface area contributed by atoms with Gasteiger partial charge in [0.2, 0.25) is 0 Å². The molecule has 4 heterocycles. The molecule has 1 atom stereocenters. The Bertz CT molecular complexity index is 1100. The van der Waals surface area contributed by atoms with Gasteiger partial charge < -0.3 is 9.99 Å². The molecule has 1 unspecified atom stereocenters. The number of aromatic amines is 1. The van der Waals surface area contributed by atoms with E-state index in [0.29, 0.717) is 12.1 Å². The van der Waals surface area contributed by atoms with E-state index in [1.54, 1.807) is 18.6 Å². The van der Waals surface area contributed by atoms with Crippen LogP contribution in [0.5, 0.6) is 0 Å². The third-order valence-electron chi connectivity index (χ3n) is 4.62. The lowest BCUT2D eigenvalue weighted by Gasteiger charge is -2.32. The van der Waals surface area contributed by atoms with Gasteiger partial charge in [-0.15, -0.1) is 0 Å². The minimum Gasteiger partial charge on any atom is -0.346 e. The Hall–Kier alpha value is -3.75. The summed E-state index contributed by atoms with van der Waals surface area (Å²) in [6.45, 7) is 0.657.